The Morgan fingerprint density at radius 3 is 1.57 bits per heavy atom. The lowest BCUT2D eigenvalue weighted by Crippen LogP contribution is -1.95. The van der Waals surface area contributed by atoms with Gasteiger partial charge in [-0.3, -0.25) is 0 Å². The normalized spacial score (nSPS) is 12.3. The van der Waals surface area contributed by atoms with Gasteiger partial charge in [0, 0.05) is 49.3 Å². The predicted octanol–water partition coefficient (Wildman–Crippen LogP) is 15.9. The molecule has 3 nitrogen and oxygen atoms in total. The molecule has 0 radical (unpaired) electrons. The molecule has 0 bridgehead atoms. The van der Waals surface area contributed by atoms with Crippen molar-refractivity contribution in [3.63, 3.8) is 0 Å². The fourth-order valence-corrected chi connectivity index (χ4v) is 10.6. The molecule has 0 saturated carbocycles. The topological polar surface area (TPSA) is 23.0 Å². The number of aromatic nitrogens is 2. The molecule has 13 aromatic rings. The molecule has 14 rings (SSSR count). The highest BCUT2D eigenvalue weighted by molar-refractivity contribution is 6.18. The molecule has 0 atom stereocenters. The smallest absolute Gasteiger partial charge is 0.143 e. The van der Waals surface area contributed by atoms with Crippen LogP contribution < -0.4 is 0 Å². The third-order valence-corrected chi connectivity index (χ3v) is 13.2. The first kappa shape index (κ1) is 32.8. The van der Waals surface area contributed by atoms with Gasteiger partial charge < -0.3 is 13.6 Å². The Balaban J connectivity index is 0.973. The molecule has 282 valence electrons. The van der Waals surface area contributed by atoms with Crippen molar-refractivity contribution in [3.05, 3.63) is 206 Å². The minimum Gasteiger partial charge on any atom is -0.455 e. The van der Waals surface area contributed by atoms with Crippen molar-refractivity contribution in [2.24, 2.45) is 0 Å². The van der Waals surface area contributed by atoms with Crippen molar-refractivity contribution < 1.29 is 4.42 Å². The maximum Gasteiger partial charge on any atom is 0.143 e. The summed E-state index contributed by atoms with van der Waals surface area (Å²) in [6, 6.07) is 75.5. The van der Waals surface area contributed by atoms with Gasteiger partial charge in [0.15, 0.2) is 0 Å². The van der Waals surface area contributed by atoms with Crippen LogP contribution in [-0.4, -0.2) is 9.13 Å². The molecule has 0 spiro atoms. The average molecular weight is 775 g/mol. The van der Waals surface area contributed by atoms with E-state index in [0.717, 1.165) is 38.8 Å². The molecule has 3 aromatic heterocycles. The SMILES string of the molecule is c1ccc(-n2c3ccccc3c3cc(-c4ccc5c(c4)c4ccccc4n5-c4cc(-c5ccc6c(c5)-c5cccc7cccc-6c57)c5oc6ccccc6c5c4)ccc32)cc1. The van der Waals surface area contributed by atoms with Gasteiger partial charge in [-0.2, -0.15) is 0 Å². The van der Waals surface area contributed by atoms with Crippen molar-refractivity contribution in [3.8, 4) is 55.9 Å². The van der Waals surface area contributed by atoms with Gasteiger partial charge in [-0.25, -0.2) is 0 Å². The van der Waals surface area contributed by atoms with E-state index in [1.807, 2.05) is 0 Å². The Labute approximate surface area is 350 Å². The molecule has 61 heavy (non-hydrogen) atoms. The van der Waals surface area contributed by atoms with Crippen LogP contribution in [0.15, 0.2) is 211 Å². The first-order valence-corrected chi connectivity index (χ1v) is 21.0. The Morgan fingerprint density at radius 2 is 0.869 bits per heavy atom. The van der Waals surface area contributed by atoms with Crippen LogP contribution in [0.25, 0.3) is 132 Å². The highest BCUT2D eigenvalue weighted by Crippen LogP contribution is 2.49. The van der Waals surface area contributed by atoms with E-state index in [1.54, 1.807) is 0 Å². The van der Waals surface area contributed by atoms with Crippen LogP contribution in [0.5, 0.6) is 0 Å². The zero-order chi connectivity index (χ0) is 39.8. The molecule has 0 saturated heterocycles. The molecule has 0 unspecified atom stereocenters. The van der Waals surface area contributed by atoms with E-state index in [4.69, 9.17) is 4.42 Å². The van der Waals surface area contributed by atoms with Crippen molar-refractivity contribution in [2.75, 3.05) is 0 Å². The molecule has 0 fully saturated rings. The molecule has 0 amide bonds. The fourth-order valence-electron chi connectivity index (χ4n) is 10.6. The monoisotopic (exact) mass is 774 g/mol. The summed E-state index contributed by atoms with van der Waals surface area (Å²) in [6.07, 6.45) is 0. The number of nitrogens with zero attached hydrogens (tertiary/aromatic N) is 2. The van der Waals surface area contributed by atoms with Crippen LogP contribution in [0.2, 0.25) is 0 Å². The first-order chi connectivity index (χ1) is 30.2. The van der Waals surface area contributed by atoms with Gasteiger partial charge in [0.25, 0.3) is 0 Å². The summed E-state index contributed by atoms with van der Waals surface area (Å²) < 4.78 is 11.6. The molecule has 1 aliphatic rings. The van der Waals surface area contributed by atoms with E-state index < -0.39 is 0 Å². The number of hydrogen-bond donors (Lipinski definition) is 0. The highest BCUT2D eigenvalue weighted by atomic mass is 16.3. The van der Waals surface area contributed by atoms with E-state index in [0.29, 0.717) is 0 Å². The van der Waals surface area contributed by atoms with Gasteiger partial charge in [-0.1, -0.05) is 133 Å². The molecule has 3 heterocycles. The van der Waals surface area contributed by atoms with E-state index >= 15 is 0 Å². The summed E-state index contributed by atoms with van der Waals surface area (Å²) in [4.78, 5) is 0. The molecule has 10 aromatic carbocycles. The van der Waals surface area contributed by atoms with Crippen molar-refractivity contribution in [1.82, 2.24) is 9.13 Å². The second-order valence-corrected chi connectivity index (χ2v) is 16.4. The van der Waals surface area contributed by atoms with Gasteiger partial charge in [0.05, 0.1) is 22.1 Å². The van der Waals surface area contributed by atoms with Crippen molar-refractivity contribution >= 4 is 76.3 Å². The van der Waals surface area contributed by atoms with Gasteiger partial charge in [-0.05, 0) is 123 Å². The summed E-state index contributed by atoms with van der Waals surface area (Å²) in [5.74, 6) is 0. The number of para-hydroxylation sites is 4. The Bertz CT molecular complexity index is 3990. The van der Waals surface area contributed by atoms with Gasteiger partial charge in [0.1, 0.15) is 11.2 Å². The van der Waals surface area contributed by atoms with Crippen molar-refractivity contribution in [1.29, 1.82) is 0 Å². The van der Waals surface area contributed by atoms with Crippen LogP contribution in [0.4, 0.5) is 0 Å². The third kappa shape index (κ3) is 4.58. The number of rotatable bonds is 4. The molecule has 0 aliphatic heterocycles. The molecule has 3 heteroatoms. The van der Waals surface area contributed by atoms with Crippen LogP contribution in [0, 0.1) is 0 Å². The predicted molar refractivity (Wildman–Crippen MR) is 255 cm³/mol. The Hall–Kier alpha value is -8.14. The largest absolute Gasteiger partial charge is 0.455 e. The maximum atomic E-state index is 6.76. The minimum absolute atomic E-state index is 0.893. The van der Waals surface area contributed by atoms with E-state index in [-0.39, 0.29) is 0 Å². The zero-order valence-electron chi connectivity index (χ0n) is 32.9. The minimum atomic E-state index is 0.893. The summed E-state index contributed by atoms with van der Waals surface area (Å²) in [5, 5.41) is 9.79. The second-order valence-electron chi connectivity index (χ2n) is 16.4. The molecule has 0 N–H and O–H groups in total. The lowest BCUT2D eigenvalue weighted by molar-refractivity contribution is 0.670. The molecule has 1 aliphatic carbocycles. The van der Waals surface area contributed by atoms with Crippen LogP contribution >= 0.6 is 0 Å². The van der Waals surface area contributed by atoms with Crippen LogP contribution in [0.3, 0.4) is 0 Å². The number of hydrogen-bond acceptors (Lipinski definition) is 1. The lowest BCUT2D eigenvalue weighted by Gasteiger charge is -2.13. The summed E-state index contributed by atoms with van der Waals surface area (Å²) in [6.45, 7) is 0. The Kier molecular flexibility index (Phi) is 6.56. The van der Waals surface area contributed by atoms with E-state index in [9.17, 15) is 0 Å². The van der Waals surface area contributed by atoms with Gasteiger partial charge in [0.2, 0.25) is 0 Å². The lowest BCUT2D eigenvalue weighted by atomic mass is 9.95. The van der Waals surface area contributed by atoms with E-state index in [2.05, 4.69) is 215 Å². The van der Waals surface area contributed by atoms with Crippen LogP contribution in [-0.2, 0) is 0 Å². The molecular weight excluding hydrogens is 741 g/mol. The quantitative estimate of drug-likeness (QED) is 0.175. The van der Waals surface area contributed by atoms with Gasteiger partial charge >= 0.3 is 0 Å². The third-order valence-electron chi connectivity index (χ3n) is 13.2. The highest BCUT2D eigenvalue weighted by Gasteiger charge is 2.24. The van der Waals surface area contributed by atoms with E-state index in [1.165, 1.54) is 93.5 Å². The number of furan rings is 1. The van der Waals surface area contributed by atoms with Crippen LogP contribution in [0.1, 0.15) is 0 Å². The maximum absolute atomic E-state index is 6.76. The summed E-state index contributed by atoms with van der Waals surface area (Å²) in [7, 11) is 0. The summed E-state index contributed by atoms with van der Waals surface area (Å²) >= 11 is 0. The number of fused-ring (bicyclic) bond motifs is 12. The number of benzene rings is 10. The average Bonchev–Trinajstić information content (AvgIpc) is 4.06. The van der Waals surface area contributed by atoms with Crippen molar-refractivity contribution in [2.45, 2.75) is 0 Å². The van der Waals surface area contributed by atoms with Gasteiger partial charge in [-0.15, -0.1) is 0 Å². The summed E-state index contributed by atoms with van der Waals surface area (Å²) in [5.41, 5.74) is 18.6. The first-order valence-electron chi connectivity index (χ1n) is 21.0. The fraction of sp³-hybridized carbons (Fsp3) is 0. The molecular formula is C58H34N2O. The standard InChI is InChI=1S/C58H34N2O/c1-2-14-39(15-3-1)59-52-21-7-4-16-42(52)49-30-36(25-28-54(49)59)37-26-29-55-50(31-37)43-17-5-8-22-53(43)60(55)40-33-47(58-51(34-40)44-18-6-9-23-56(44)61-58)38-24-27-41-45-19-10-12-35-13-11-20-46(57(35)45)48(41)32-38/h1-34H. The zero-order valence-corrected chi connectivity index (χ0v) is 32.9. The second kappa shape index (κ2) is 12.2. The Morgan fingerprint density at radius 1 is 0.295 bits per heavy atom.